The van der Waals surface area contributed by atoms with Gasteiger partial charge in [-0.05, 0) is 44.3 Å². The second-order valence-electron chi connectivity index (χ2n) is 9.33. The summed E-state index contributed by atoms with van der Waals surface area (Å²) in [5.41, 5.74) is -0.371. The first kappa shape index (κ1) is 23.6. The number of sulfone groups is 1. The van der Waals surface area contributed by atoms with Gasteiger partial charge in [0.1, 0.15) is 0 Å². The molecule has 2 aromatic rings. The Hall–Kier alpha value is -2.53. The molecule has 2 aliphatic rings. The lowest BCUT2D eigenvalue weighted by Crippen LogP contribution is -2.50. The number of nitrogens with one attached hydrogen (secondary N) is 2. The predicted molar refractivity (Wildman–Crippen MR) is 126 cm³/mol. The summed E-state index contributed by atoms with van der Waals surface area (Å²) < 4.78 is 26.2. The molecule has 10 nitrogen and oxygen atoms in total. The molecule has 180 valence electrons. The van der Waals surface area contributed by atoms with Gasteiger partial charge >= 0.3 is 5.69 Å². The van der Waals surface area contributed by atoms with Crippen molar-refractivity contribution < 1.29 is 13.2 Å². The Kier molecular flexibility index (Phi) is 6.45. The van der Waals surface area contributed by atoms with E-state index < -0.39 is 33.0 Å². The van der Waals surface area contributed by atoms with E-state index in [-0.39, 0.29) is 40.1 Å². The van der Waals surface area contributed by atoms with Gasteiger partial charge in [0.2, 0.25) is 0 Å². The van der Waals surface area contributed by atoms with Crippen molar-refractivity contribution >= 4 is 26.8 Å². The van der Waals surface area contributed by atoms with Crippen molar-refractivity contribution in [1.29, 1.82) is 0 Å². The highest BCUT2D eigenvalue weighted by atomic mass is 32.2. The highest BCUT2D eigenvalue weighted by Gasteiger charge is 2.42. The monoisotopic (exact) mass is 477 g/mol. The number of hydrogen-bond acceptors (Lipinski definition) is 7. The van der Waals surface area contributed by atoms with E-state index in [4.69, 9.17) is 0 Å². The summed E-state index contributed by atoms with van der Waals surface area (Å²) in [5.74, 6) is -0.683. The third kappa shape index (κ3) is 4.61. The summed E-state index contributed by atoms with van der Waals surface area (Å²) in [7, 11) is -3.28. The van der Waals surface area contributed by atoms with Crippen molar-refractivity contribution in [1.82, 2.24) is 24.8 Å². The fourth-order valence-corrected chi connectivity index (χ4v) is 6.80. The van der Waals surface area contributed by atoms with E-state index in [0.717, 1.165) is 25.9 Å². The Bertz CT molecular complexity index is 1290. The standard InChI is InChI=1S/C22H31N5O5S/c1-4-7-27-19-18(21(29)25-22(27)30)14(10-15(23-19)13(2)3)20(28)24-16-11-33(31,32)12-17(16)26-8-5-6-9-26/h10,13,16-17H,4-9,11-12H2,1-3H3,(H,24,28)(H,25,29,30). The van der Waals surface area contributed by atoms with Gasteiger partial charge in [-0.3, -0.25) is 24.0 Å². The maximum absolute atomic E-state index is 13.5. The number of hydrogen-bond donors (Lipinski definition) is 2. The number of fused-ring (bicyclic) bond motifs is 1. The number of aryl methyl sites for hydroxylation is 1. The van der Waals surface area contributed by atoms with Crippen molar-refractivity contribution in [2.45, 2.75) is 64.6 Å². The Morgan fingerprint density at radius 1 is 1.24 bits per heavy atom. The van der Waals surface area contributed by atoms with Crippen LogP contribution in [0, 0.1) is 0 Å². The first-order chi connectivity index (χ1) is 15.6. The predicted octanol–water partition coefficient (Wildman–Crippen LogP) is 0.609. The number of carbonyl (C=O) groups excluding carboxylic acids is 1. The van der Waals surface area contributed by atoms with E-state index in [2.05, 4.69) is 20.2 Å². The number of rotatable bonds is 6. The molecule has 0 radical (unpaired) electrons. The van der Waals surface area contributed by atoms with Crippen LogP contribution in [-0.4, -0.2) is 70.4 Å². The molecule has 2 aromatic heterocycles. The van der Waals surface area contributed by atoms with E-state index in [1.165, 1.54) is 4.57 Å². The van der Waals surface area contributed by atoms with Gasteiger partial charge in [-0.15, -0.1) is 0 Å². The molecule has 0 aliphatic carbocycles. The van der Waals surface area contributed by atoms with Gasteiger partial charge in [-0.25, -0.2) is 18.2 Å². The van der Waals surface area contributed by atoms with Crippen LogP contribution in [0.15, 0.2) is 15.7 Å². The number of pyridine rings is 1. The van der Waals surface area contributed by atoms with Crippen LogP contribution in [0.1, 0.15) is 62.0 Å². The summed E-state index contributed by atoms with van der Waals surface area (Å²) in [6, 6.07) is 0.731. The molecular weight excluding hydrogens is 446 g/mol. The molecule has 4 rings (SSSR count). The average molecular weight is 478 g/mol. The van der Waals surface area contributed by atoms with E-state index in [9.17, 15) is 22.8 Å². The van der Waals surface area contributed by atoms with Crippen LogP contribution >= 0.6 is 0 Å². The molecule has 33 heavy (non-hydrogen) atoms. The number of nitrogens with zero attached hydrogens (tertiary/aromatic N) is 3. The molecule has 2 aliphatic heterocycles. The minimum atomic E-state index is -3.28. The molecule has 1 amide bonds. The molecule has 11 heteroatoms. The highest BCUT2D eigenvalue weighted by Crippen LogP contribution is 2.24. The first-order valence-corrected chi connectivity index (χ1v) is 13.4. The lowest BCUT2D eigenvalue weighted by Gasteiger charge is -2.28. The van der Waals surface area contributed by atoms with Crippen LogP contribution in [0.2, 0.25) is 0 Å². The number of aromatic nitrogens is 3. The van der Waals surface area contributed by atoms with Crippen molar-refractivity contribution in [2.75, 3.05) is 24.6 Å². The van der Waals surface area contributed by atoms with Gasteiger partial charge in [0.25, 0.3) is 11.5 Å². The number of likely N-dealkylation sites (tertiary alicyclic amines) is 1. The van der Waals surface area contributed by atoms with Crippen LogP contribution in [0.3, 0.4) is 0 Å². The highest BCUT2D eigenvalue weighted by molar-refractivity contribution is 7.91. The molecule has 2 fully saturated rings. The van der Waals surface area contributed by atoms with Crippen molar-refractivity contribution in [2.24, 2.45) is 0 Å². The van der Waals surface area contributed by atoms with Gasteiger partial charge in [-0.2, -0.15) is 0 Å². The van der Waals surface area contributed by atoms with Crippen LogP contribution in [0.4, 0.5) is 0 Å². The molecule has 0 saturated carbocycles. The average Bonchev–Trinajstić information content (AvgIpc) is 3.37. The Labute approximate surface area is 192 Å². The topological polar surface area (TPSA) is 134 Å². The van der Waals surface area contributed by atoms with Gasteiger partial charge in [0.05, 0.1) is 28.5 Å². The molecule has 2 N–H and O–H groups in total. The van der Waals surface area contributed by atoms with E-state index in [0.29, 0.717) is 18.7 Å². The second-order valence-corrected chi connectivity index (χ2v) is 11.5. The fraction of sp³-hybridized carbons (Fsp3) is 0.636. The van der Waals surface area contributed by atoms with E-state index in [1.807, 2.05) is 20.8 Å². The van der Waals surface area contributed by atoms with Crippen molar-refractivity contribution in [3.63, 3.8) is 0 Å². The third-order valence-electron chi connectivity index (χ3n) is 6.50. The Morgan fingerprint density at radius 3 is 2.58 bits per heavy atom. The summed E-state index contributed by atoms with van der Waals surface area (Å²) in [5, 5.41) is 2.95. The fourth-order valence-electron chi connectivity index (χ4n) is 4.85. The summed E-state index contributed by atoms with van der Waals surface area (Å²) in [6.45, 7) is 7.70. The molecular formula is C22H31N5O5S. The van der Waals surface area contributed by atoms with Crippen molar-refractivity contribution in [3.8, 4) is 0 Å². The van der Waals surface area contributed by atoms with E-state index in [1.54, 1.807) is 6.07 Å². The van der Waals surface area contributed by atoms with Crippen LogP contribution in [0.25, 0.3) is 11.0 Å². The lowest BCUT2D eigenvalue weighted by atomic mass is 10.0. The molecule has 0 aromatic carbocycles. The normalized spacial score (nSPS) is 22.9. The summed E-state index contributed by atoms with van der Waals surface area (Å²) >= 11 is 0. The van der Waals surface area contributed by atoms with Crippen LogP contribution < -0.4 is 16.6 Å². The molecule has 4 heterocycles. The van der Waals surface area contributed by atoms with Gasteiger partial charge in [0, 0.05) is 18.3 Å². The van der Waals surface area contributed by atoms with Crippen LogP contribution in [0.5, 0.6) is 0 Å². The maximum Gasteiger partial charge on any atom is 0.329 e. The first-order valence-electron chi connectivity index (χ1n) is 11.5. The number of aromatic amines is 1. The smallest absolute Gasteiger partial charge is 0.329 e. The molecule has 2 atom stereocenters. The largest absolute Gasteiger partial charge is 0.347 e. The van der Waals surface area contributed by atoms with Gasteiger partial charge in [0.15, 0.2) is 15.5 Å². The minimum absolute atomic E-state index is 0.0168. The molecule has 2 saturated heterocycles. The summed E-state index contributed by atoms with van der Waals surface area (Å²) in [4.78, 5) is 47.7. The Balaban J connectivity index is 1.79. The van der Waals surface area contributed by atoms with Crippen molar-refractivity contribution in [3.05, 3.63) is 38.2 Å². The zero-order valence-corrected chi connectivity index (χ0v) is 20.1. The number of amides is 1. The van der Waals surface area contributed by atoms with Crippen LogP contribution in [-0.2, 0) is 16.4 Å². The maximum atomic E-state index is 13.5. The molecule has 2 unspecified atom stereocenters. The zero-order valence-electron chi connectivity index (χ0n) is 19.3. The van der Waals surface area contributed by atoms with E-state index >= 15 is 0 Å². The van der Waals surface area contributed by atoms with Gasteiger partial charge < -0.3 is 5.32 Å². The van der Waals surface area contributed by atoms with Gasteiger partial charge in [-0.1, -0.05) is 20.8 Å². The number of H-pyrrole nitrogens is 1. The minimum Gasteiger partial charge on any atom is -0.347 e. The molecule has 0 bridgehead atoms. The lowest BCUT2D eigenvalue weighted by molar-refractivity contribution is 0.0920. The SMILES string of the molecule is CCCn1c(=O)[nH]c(=O)c2c(C(=O)NC3CS(=O)(=O)CC3N3CCCC3)cc(C(C)C)nc21. The molecule has 0 spiro atoms. The number of carbonyl (C=O) groups is 1. The summed E-state index contributed by atoms with van der Waals surface area (Å²) in [6.07, 6.45) is 2.66. The Morgan fingerprint density at radius 2 is 1.94 bits per heavy atom. The third-order valence-corrected chi connectivity index (χ3v) is 8.22. The zero-order chi connectivity index (χ0) is 23.9. The quantitative estimate of drug-likeness (QED) is 0.622. The second kappa shape index (κ2) is 9.02.